The second kappa shape index (κ2) is 9.36. The fraction of sp³-hybridized carbons (Fsp3) is 0.350. The Morgan fingerprint density at radius 3 is 2.71 bits per heavy atom. The van der Waals surface area contributed by atoms with Crippen molar-refractivity contribution in [2.24, 2.45) is 0 Å². The van der Waals surface area contributed by atoms with Gasteiger partial charge in [-0.2, -0.15) is 0 Å². The molecule has 0 spiro atoms. The maximum absolute atomic E-state index is 12.5. The summed E-state index contributed by atoms with van der Waals surface area (Å²) in [4.78, 5) is 39.3. The summed E-state index contributed by atoms with van der Waals surface area (Å²) in [6.45, 7) is 1.41. The SMILES string of the molecule is O=C(NCCCNC(=O)[C@@H]1CCCN1C(=O)c1cccs1)c1cccc(O)c1. The summed E-state index contributed by atoms with van der Waals surface area (Å²) in [5, 5.41) is 16.9. The van der Waals surface area contributed by atoms with Crippen LogP contribution in [0.2, 0.25) is 0 Å². The number of carbonyl (C=O) groups is 3. The van der Waals surface area contributed by atoms with E-state index in [-0.39, 0.29) is 23.5 Å². The van der Waals surface area contributed by atoms with Gasteiger partial charge in [0.15, 0.2) is 0 Å². The Balaban J connectivity index is 1.40. The first-order chi connectivity index (χ1) is 13.6. The highest BCUT2D eigenvalue weighted by atomic mass is 32.1. The molecule has 2 aromatic rings. The van der Waals surface area contributed by atoms with Crippen LogP contribution in [0.15, 0.2) is 41.8 Å². The lowest BCUT2D eigenvalue weighted by Gasteiger charge is -2.23. The molecule has 0 aliphatic carbocycles. The lowest BCUT2D eigenvalue weighted by molar-refractivity contribution is -0.124. The van der Waals surface area contributed by atoms with Crippen molar-refractivity contribution in [1.29, 1.82) is 0 Å². The number of phenolic OH excluding ortho intramolecular Hbond substituents is 1. The maximum atomic E-state index is 12.5. The molecular weight excluding hydrogens is 378 g/mol. The average molecular weight is 401 g/mol. The predicted molar refractivity (Wildman–Crippen MR) is 106 cm³/mol. The van der Waals surface area contributed by atoms with Gasteiger partial charge in [0.1, 0.15) is 11.8 Å². The quantitative estimate of drug-likeness (QED) is 0.618. The summed E-state index contributed by atoms with van der Waals surface area (Å²) in [5.41, 5.74) is 0.387. The summed E-state index contributed by atoms with van der Waals surface area (Å²) in [6, 6.07) is 9.30. The van der Waals surface area contributed by atoms with Gasteiger partial charge in [-0.1, -0.05) is 12.1 Å². The minimum atomic E-state index is -0.434. The number of hydrogen-bond donors (Lipinski definition) is 3. The smallest absolute Gasteiger partial charge is 0.264 e. The van der Waals surface area contributed by atoms with Crippen LogP contribution >= 0.6 is 11.3 Å². The third-order valence-corrected chi connectivity index (χ3v) is 5.45. The van der Waals surface area contributed by atoms with Gasteiger partial charge in [-0.05, 0) is 48.9 Å². The van der Waals surface area contributed by atoms with Crippen LogP contribution in [0, 0.1) is 0 Å². The van der Waals surface area contributed by atoms with Crippen molar-refractivity contribution in [3.05, 3.63) is 52.2 Å². The number of hydrogen-bond acceptors (Lipinski definition) is 5. The Labute approximate surface area is 167 Å². The van der Waals surface area contributed by atoms with E-state index >= 15 is 0 Å². The van der Waals surface area contributed by atoms with Crippen molar-refractivity contribution in [1.82, 2.24) is 15.5 Å². The number of nitrogens with one attached hydrogen (secondary N) is 2. The Bertz CT molecular complexity index is 838. The van der Waals surface area contributed by atoms with Crippen LogP contribution in [0.4, 0.5) is 0 Å². The van der Waals surface area contributed by atoms with Gasteiger partial charge in [0.05, 0.1) is 4.88 Å². The Morgan fingerprint density at radius 2 is 1.96 bits per heavy atom. The van der Waals surface area contributed by atoms with Crippen molar-refractivity contribution < 1.29 is 19.5 Å². The van der Waals surface area contributed by atoms with E-state index in [2.05, 4.69) is 10.6 Å². The first-order valence-corrected chi connectivity index (χ1v) is 10.1. The van der Waals surface area contributed by atoms with Crippen LogP contribution in [0.5, 0.6) is 5.75 Å². The van der Waals surface area contributed by atoms with Gasteiger partial charge in [0, 0.05) is 25.2 Å². The van der Waals surface area contributed by atoms with Crippen molar-refractivity contribution in [3.8, 4) is 5.75 Å². The first-order valence-electron chi connectivity index (χ1n) is 9.25. The Kier molecular flexibility index (Phi) is 6.65. The van der Waals surface area contributed by atoms with E-state index in [0.717, 1.165) is 6.42 Å². The van der Waals surface area contributed by atoms with Gasteiger partial charge < -0.3 is 20.6 Å². The fourth-order valence-electron chi connectivity index (χ4n) is 3.19. The second-order valence-electron chi connectivity index (χ2n) is 6.58. The maximum Gasteiger partial charge on any atom is 0.264 e. The highest BCUT2D eigenvalue weighted by Crippen LogP contribution is 2.22. The van der Waals surface area contributed by atoms with E-state index in [1.165, 1.54) is 23.5 Å². The second-order valence-corrected chi connectivity index (χ2v) is 7.53. The zero-order valence-corrected chi connectivity index (χ0v) is 16.2. The number of benzene rings is 1. The monoisotopic (exact) mass is 401 g/mol. The molecule has 3 amide bonds. The lowest BCUT2D eigenvalue weighted by atomic mass is 10.2. The van der Waals surface area contributed by atoms with Gasteiger partial charge in [0.2, 0.25) is 5.91 Å². The molecule has 0 saturated carbocycles. The van der Waals surface area contributed by atoms with E-state index in [1.807, 2.05) is 11.4 Å². The average Bonchev–Trinajstić information content (AvgIpc) is 3.38. The summed E-state index contributed by atoms with van der Waals surface area (Å²) < 4.78 is 0. The number of rotatable bonds is 7. The summed E-state index contributed by atoms with van der Waals surface area (Å²) in [7, 11) is 0. The molecule has 1 aliphatic rings. The van der Waals surface area contributed by atoms with Crippen LogP contribution in [-0.2, 0) is 4.79 Å². The largest absolute Gasteiger partial charge is 0.508 e. The predicted octanol–water partition coefficient (Wildman–Crippen LogP) is 1.99. The van der Waals surface area contributed by atoms with Gasteiger partial charge in [-0.3, -0.25) is 14.4 Å². The molecule has 0 unspecified atom stereocenters. The van der Waals surface area contributed by atoms with Gasteiger partial charge in [-0.15, -0.1) is 11.3 Å². The third kappa shape index (κ3) is 4.89. The van der Waals surface area contributed by atoms with Crippen molar-refractivity contribution in [3.63, 3.8) is 0 Å². The number of carbonyl (C=O) groups excluding carboxylic acids is 3. The van der Waals surface area contributed by atoms with Gasteiger partial charge >= 0.3 is 0 Å². The molecule has 7 nitrogen and oxygen atoms in total. The minimum absolute atomic E-state index is 0.0399. The van der Waals surface area contributed by atoms with Crippen LogP contribution in [0.1, 0.15) is 39.3 Å². The van der Waals surface area contributed by atoms with E-state index in [9.17, 15) is 19.5 Å². The van der Waals surface area contributed by atoms with Crippen molar-refractivity contribution in [2.75, 3.05) is 19.6 Å². The molecule has 3 rings (SSSR count). The molecule has 1 aromatic carbocycles. The highest BCUT2D eigenvalue weighted by molar-refractivity contribution is 7.12. The minimum Gasteiger partial charge on any atom is -0.508 e. The van der Waals surface area contributed by atoms with Gasteiger partial charge in [-0.25, -0.2) is 0 Å². The molecule has 3 N–H and O–H groups in total. The highest BCUT2D eigenvalue weighted by Gasteiger charge is 2.34. The molecule has 1 aromatic heterocycles. The van der Waals surface area contributed by atoms with Crippen LogP contribution < -0.4 is 10.6 Å². The van der Waals surface area contributed by atoms with E-state index in [4.69, 9.17) is 0 Å². The molecule has 0 bridgehead atoms. The lowest BCUT2D eigenvalue weighted by Crippen LogP contribution is -2.46. The summed E-state index contributed by atoms with van der Waals surface area (Å²) >= 11 is 1.38. The molecule has 0 radical (unpaired) electrons. The summed E-state index contributed by atoms with van der Waals surface area (Å²) in [6.07, 6.45) is 2.05. The number of amides is 3. The van der Waals surface area contributed by atoms with E-state index < -0.39 is 6.04 Å². The number of thiophene rings is 1. The standard InChI is InChI=1S/C20H23N3O4S/c24-15-6-1-5-14(13-15)18(25)21-9-4-10-22-19(26)16-7-2-11-23(16)20(27)17-8-3-12-28-17/h1,3,5-6,8,12-13,16,24H,2,4,7,9-11H2,(H,21,25)(H,22,26)/t16-/m0/s1. The molecule has 1 saturated heterocycles. The molecule has 8 heteroatoms. The molecule has 1 aliphatic heterocycles. The van der Waals surface area contributed by atoms with E-state index in [0.29, 0.717) is 42.9 Å². The fourth-order valence-corrected chi connectivity index (χ4v) is 3.87. The first kappa shape index (κ1) is 19.9. The molecule has 2 heterocycles. The van der Waals surface area contributed by atoms with E-state index in [1.54, 1.807) is 23.1 Å². The Hall–Kier alpha value is -2.87. The molecule has 1 fully saturated rings. The van der Waals surface area contributed by atoms with Gasteiger partial charge in [0.25, 0.3) is 11.8 Å². The van der Waals surface area contributed by atoms with Crippen LogP contribution in [0.25, 0.3) is 0 Å². The zero-order chi connectivity index (χ0) is 19.9. The zero-order valence-electron chi connectivity index (χ0n) is 15.4. The molecule has 148 valence electrons. The third-order valence-electron chi connectivity index (χ3n) is 4.59. The van der Waals surface area contributed by atoms with Crippen LogP contribution in [0.3, 0.4) is 0 Å². The van der Waals surface area contributed by atoms with Crippen molar-refractivity contribution >= 4 is 29.1 Å². The number of phenols is 1. The molecule has 28 heavy (non-hydrogen) atoms. The number of likely N-dealkylation sites (tertiary alicyclic amines) is 1. The van der Waals surface area contributed by atoms with Crippen LogP contribution in [-0.4, -0.2) is 53.4 Å². The number of nitrogens with zero attached hydrogens (tertiary/aromatic N) is 1. The number of aromatic hydroxyl groups is 1. The normalized spacial score (nSPS) is 16.0. The summed E-state index contributed by atoms with van der Waals surface area (Å²) in [5.74, 6) is -0.475. The molecular formula is C20H23N3O4S. The van der Waals surface area contributed by atoms with Crippen molar-refractivity contribution in [2.45, 2.75) is 25.3 Å². The Morgan fingerprint density at radius 1 is 1.14 bits per heavy atom. The topological polar surface area (TPSA) is 98.7 Å². The molecule has 1 atom stereocenters.